The SMILES string of the molecule is C[C@@H](NC(=O)c1cccc(C(=O)Nc2ccc(-c3ccc4ccc5c(-c6ccc(NC(=O)c7cccc(C(=O)N[C@H](C)c8ccccc8)n7)cc6)ccc6ccc3c4c65)cc2)n1)c1ccccc1. The van der Waals surface area contributed by atoms with E-state index in [-0.39, 0.29) is 46.7 Å². The molecule has 0 fully saturated rings. The van der Waals surface area contributed by atoms with Crippen molar-refractivity contribution in [3.05, 3.63) is 228 Å². The molecule has 4 N–H and O–H groups in total. The first-order valence-corrected chi connectivity index (χ1v) is 22.4. The maximum atomic E-state index is 13.3. The number of nitrogens with one attached hydrogen (secondary N) is 4. The molecule has 0 aliphatic carbocycles. The summed E-state index contributed by atoms with van der Waals surface area (Å²) in [7, 11) is 0. The third kappa shape index (κ3) is 8.73. The van der Waals surface area contributed by atoms with Crippen LogP contribution in [-0.2, 0) is 0 Å². The molecule has 0 radical (unpaired) electrons. The third-order valence-corrected chi connectivity index (χ3v) is 12.3. The van der Waals surface area contributed by atoms with Gasteiger partial charge >= 0.3 is 0 Å². The lowest BCUT2D eigenvalue weighted by Crippen LogP contribution is -2.28. The molecule has 0 saturated carbocycles. The molecule has 2 heterocycles. The van der Waals surface area contributed by atoms with Gasteiger partial charge in [-0.05, 0) is 128 Å². The predicted molar refractivity (Wildman–Crippen MR) is 270 cm³/mol. The monoisotopic (exact) mass is 888 g/mol. The Morgan fingerprint density at radius 1 is 0.368 bits per heavy atom. The first kappa shape index (κ1) is 42.9. The van der Waals surface area contributed by atoms with Crippen LogP contribution in [0.3, 0.4) is 0 Å². The Kier molecular flexibility index (Phi) is 11.6. The van der Waals surface area contributed by atoms with E-state index in [0.717, 1.165) is 65.7 Å². The average molecular weight is 889 g/mol. The molecule has 0 bridgehead atoms. The number of benzene rings is 8. The zero-order valence-corrected chi connectivity index (χ0v) is 37.2. The van der Waals surface area contributed by atoms with Gasteiger partial charge in [-0.15, -0.1) is 0 Å². The van der Waals surface area contributed by atoms with E-state index in [9.17, 15) is 19.2 Å². The first-order valence-electron chi connectivity index (χ1n) is 22.4. The van der Waals surface area contributed by atoms with Crippen molar-refractivity contribution in [1.82, 2.24) is 20.6 Å². The second-order valence-electron chi connectivity index (χ2n) is 16.7. The summed E-state index contributed by atoms with van der Waals surface area (Å²) in [4.78, 5) is 61.5. The lowest BCUT2D eigenvalue weighted by Gasteiger charge is -2.17. The predicted octanol–water partition coefficient (Wildman–Crippen LogP) is 12.2. The summed E-state index contributed by atoms with van der Waals surface area (Å²) < 4.78 is 0. The Bertz CT molecular complexity index is 3270. The van der Waals surface area contributed by atoms with E-state index >= 15 is 0 Å². The number of hydrogen-bond donors (Lipinski definition) is 4. The Labute approximate surface area is 392 Å². The van der Waals surface area contributed by atoms with Crippen molar-refractivity contribution in [3.63, 3.8) is 0 Å². The van der Waals surface area contributed by atoms with Crippen molar-refractivity contribution in [2.75, 3.05) is 10.6 Å². The minimum atomic E-state index is -0.420. The standard InChI is InChI=1S/C58H44N6O4/c1-35(37-11-5-3-6-12-37)59-55(65)49-15-9-17-51(63-49)57(67)61-43-27-19-39(20-28-43)45-31-23-41-26-34-48-46(32-24-42-25-33-47(45)53(41)54(42)48)40-21-29-44(30-22-40)62-58(68)52-18-10-16-50(64-52)56(66)60-36(2)38-13-7-4-8-14-38/h3-36H,1-2H3,(H,59,65)(H,60,66)(H,61,67)(H,62,68)/t35-,36-/m1/s1. The topological polar surface area (TPSA) is 142 Å². The number of aromatic nitrogens is 2. The number of anilines is 2. The van der Waals surface area contributed by atoms with Crippen LogP contribution in [0.4, 0.5) is 11.4 Å². The van der Waals surface area contributed by atoms with Crippen molar-refractivity contribution >= 4 is 67.3 Å². The molecule has 330 valence electrons. The molecule has 10 heteroatoms. The normalized spacial score (nSPS) is 12.1. The van der Waals surface area contributed by atoms with Crippen LogP contribution in [0, 0.1) is 0 Å². The summed E-state index contributed by atoms with van der Waals surface area (Å²) in [6.45, 7) is 3.80. The molecule has 0 saturated heterocycles. The number of amides is 4. The lowest BCUT2D eigenvalue weighted by molar-refractivity contribution is 0.0925. The highest BCUT2D eigenvalue weighted by molar-refractivity contribution is 6.27. The Morgan fingerprint density at radius 3 is 1.10 bits per heavy atom. The van der Waals surface area contributed by atoms with Gasteiger partial charge in [0.1, 0.15) is 22.8 Å². The van der Waals surface area contributed by atoms with Gasteiger partial charge in [-0.2, -0.15) is 0 Å². The highest BCUT2D eigenvalue weighted by Gasteiger charge is 2.19. The fourth-order valence-electron chi connectivity index (χ4n) is 8.73. The van der Waals surface area contributed by atoms with Crippen molar-refractivity contribution in [2.24, 2.45) is 0 Å². The van der Waals surface area contributed by atoms with Gasteiger partial charge in [-0.25, -0.2) is 9.97 Å². The van der Waals surface area contributed by atoms with Crippen LogP contribution in [0.25, 0.3) is 54.6 Å². The molecule has 2 aromatic heterocycles. The molecular formula is C58H44N6O4. The summed E-state index contributed by atoms with van der Waals surface area (Å²) >= 11 is 0. The summed E-state index contributed by atoms with van der Waals surface area (Å²) in [5, 5.41) is 18.6. The van der Waals surface area contributed by atoms with Crippen molar-refractivity contribution in [3.8, 4) is 22.3 Å². The highest BCUT2D eigenvalue weighted by Crippen LogP contribution is 2.42. The maximum absolute atomic E-state index is 13.3. The van der Waals surface area contributed by atoms with E-state index in [1.54, 1.807) is 36.4 Å². The van der Waals surface area contributed by atoms with Crippen molar-refractivity contribution < 1.29 is 19.2 Å². The number of carbonyl (C=O) groups excluding carboxylic acids is 4. The van der Waals surface area contributed by atoms with Gasteiger partial charge < -0.3 is 21.3 Å². The van der Waals surface area contributed by atoms with Crippen LogP contribution in [0.5, 0.6) is 0 Å². The van der Waals surface area contributed by atoms with E-state index in [4.69, 9.17) is 0 Å². The van der Waals surface area contributed by atoms with Gasteiger partial charge in [0.2, 0.25) is 0 Å². The molecule has 0 aliphatic rings. The van der Waals surface area contributed by atoms with Crippen LogP contribution in [-0.4, -0.2) is 33.6 Å². The lowest BCUT2D eigenvalue weighted by atomic mass is 9.87. The Balaban J connectivity index is 0.843. The molecular weight excluding hydrogens is 845 g/mol. The van der Waals surface area contributed by atoms with E-state index in [0.29, 0.717) is 11.4 Å². The second-order valence-corrected chi connectivity index (χ2v) is 16.7. The Morgan fingerprint density at radius 2 is 0.721 bits per heavy atom. The number of carbonyl (C=O) groups is 4. The van der Waals surface area contributed by atoms with Gasteiger partial charge in [-0.1, -0.05) is 146 Å². The molecule has 4 amide bonds. The largest absolute Gasteiger partial charge is 0.344 e. The molecule has 10 nitrogen and oxygen atoms in total. The minimum absolute atomic E-state index is 0.135. The second kappa shape index (κ2) is 18.5. The summed E-state index contributed by atoms with van der Waals surface area (Å²) in [6.07, 6.45) is 0. The molecule has 10 aromatic rings. The van der Waals surface area contributed by atoms with Crippen LogP contribution in [0.1, 0.15) is 79.0 Å². The average Bonchev–Trinajstić information content (AvgIpc) is 3.38. The van der Waals surface area contributed by atoms with Crippen molar-refractivity contribution in [2.45, 2.75) is 25.9 Å². The fourth-order valence-corrected chi connectivity index (χ4v) is 8.73. The maximum Gasteiger partial charge on any atom is 0.274 e. The zero-order chi connectivity index (χ0) is 46.7. The van der Waals surface area contributed by atoms with Crippen LogP contribution in [0.15, 0.2) is 194 Å². The first-order chi connectivity index (χ1) is 33.2. The number of hydrogen-bond acceptors (Lipinski definition) is 6. The van der Waals surface area contributed by atoms with E-state index in [1.165, 1.54) is 0 Å². The molecule has 8 aromatic carbocycles. The van der Waals surface area contributed by atoms with E-state index < -0.39 is 11.8 Å². The van der Waals surface area contributed by atoms with Crippen LogP contribution < -0.4 is 21.3 Å². The summed E-state index contributed by atoms with van der Waals surface area (Å²) in [5.74, 6) is -1.57. The van der Waals surface area contributed by atoms with Gasteiger partial charge in [0.25, 0.3) is 23.6 Å². The summed E-state index contributed by atoms with van der Waals surface area (Å²) in [5.41, 5.74) is 7.82. The van der Waals surface area contributed by atoms with Gasteiger partial charge in [-0.3, -0.25) is 19.2 Å². The fraction of sp³-hybridized carbons (Fsp3) is 0.0690. The van der Waals surface area contributed by atoms with Gasteiger partial charge in [0.05, 0.1) is 12.1 Å². The Hall–Kier alpha value is -9.02. The zero-order valence-electron chi connectivity index (χ0n) is 37.2. The number of pyridine rings is 2. The number of nitrogens with zero attached hydrogens (tertiary/aromatic N) is 2. The molecule has 0 unspecified atom stereocenters. The quantitative estimate of drug-likeness (QED) is 0.0900. The minimum Gasteiger partial charge on any atom is -0.344 e. The van der Waals surface area contributed by atoms with Crippen molar-refractivity contribution in [1.29, 1.82) is 0 Å². The van der Waals surface area contributed by atoms with Crippen LogP contribution in [0.2, 0.25) is 0 Å². The highest BCUT2D eigenvalue weighted by atomic mass is 16.2. The summed E-state index contributed by atoms with van der Waals surface area (Å²) in [6, 6.07) is 61.2. The molecule has 10 rings (SSSR count). The molecule has 0 aliphatic heterocycles. The third-order valence-electron chi connectivity index (χ3n) is 12.3. The molecule has 68 heavy (non-hydrogen) atoms. The number of rotatable bonds is 12. The van der Waals surface area contributed by atoms with E-state index in [1.807, 2.05) is 123 Å². The molecule has 0 spiro atoms. The van der Waals surface area contributed by atoms with Gasteiger partial charge in [0.15, 0.2) is 0 Å². The van der Waals surface area contributed by atoms with E-state index in [2.05, 4.69) is 79.8 Å². The molecule has 2 atom stereocenters. The smallest absolute Gasteiger partial charge is 0.274 e. The van der Waals surface area contributed by atoms with Gasteiger partial charge in [0, 0.05) is 11.4 Å². The van der Waals surface area contributed by atoms with Crippen LogP contribution >= 0.6 is 0 Å².